The zero-order valence-corrected chi connectivity index (χ0v) is 17.3. The molecule has 0 saturated carbocycles. The molecule has 3 rings (SSSR count). The van der Waals surface area contributed by atoms with Crippen molar-refractivity contribution in [1.82, 2.24) is 15.1 Å². The molecule has 0 radical (unpaired) electrons. The first-order valence-electron chi connectivity index (χ1n) is 9.68. The fourth-order valence-corrected chi connectivity index (χ4v) is 2.84. The quantitative estimate of drug-likeness (QED) is 0.652. The summed E-state index contributed by atoms with van der Waals surface area (Å²) < 4.78 is 15.0. The van der Waals surface area contributed by atoms with Crippen molar-refractivity contribution in [2.24, 2.45) is 0 Å². The SMILES string of the molecule is CC(C)(C)c1cc(NC(=O)CNC(=O)c2cccc(F)c2)n(Cc2ccccc2)n1. The first kappa shape index (κ1) is 21.2. The number of rotatable bonds is 6. The van der Waals surface area contributed by atoms with Crippen molar-refractivity contribution in [2.45, 2.75) is 32.7 Å². The lowest BCUT2D eigenvalue weighted by molar-refractivity contribution is -0.115. The predicted molar refractivity (Wildman–Crippen MR) is 114 cm³/mol. The van der Waals surface area contributed by atoms with E-state index in [2.05, 4.69) is 15.7 Å². The van der Waals surface area contributed by atoms with Crippen LogP contribution in [0.15, 0.2) is 60.7 Å². The molecule has 156 valence electrons. The zero-order chi connectivity index (χ0) is 21.7. The van der Waals surface area contributed by atoms with Gasteiger partial charge in [0.1, 0.15) is 11.6 Å². The van der Waals surface area contributed by atoms with Crippen molar-refractivity contribution in [1.29, 1.82) is 0 Å². The molecule has 0 bridgehead atoms. The number of benzene rings is 2. The van der Waals surface area contributed by atoms with Crippen LogP contribution in [0, 0.1) is 5.82 Å². The number of carbonyl (C=O) groups excluding carboxylic acids is 2. The molecule has 0 fully saturated rings. The van der Waals surface area contributed by atoms with Crippen molar-refractivity contribution in [3.8, 4) is 0 Å². The summed E-state index contributed by atoms with van der Waals surface area (Å²) in [4.78, 5) is 24.6. The molecule has 1 heterocycles. The topological polar surface area (TPSA) is 76.0 Å². The van der Waals surface area contributed by atoms with E-state index < -0.39 is 17.6 Å². The molecule has 0 unspecified atom stereocenters. The number of halogens is 1. The van der Waals surface area contributed by atoms with Gasteiger partial charge in [-0.05, 0) is 23.8 Å². The lowest BCUT2D eigenvalue weighted by Gasteiger charge is -2.14. The van der Waals surface area contributed by atoms with Gasteiger partial charge >= 0.3 is 0 Å². The van der Waals surface area contributed by atoms with Gasteiger partial charge in [0.2, 0.25) is 5.91 Å². The van der Waals surface area contributed by atoms with E-state index in [1.54, 1.807) is 4.68 Å². The minimum Gasteiger partial charge on any atom is -0.343 e. The Labute approximate surface area is 175 Å². The van der Waals surface area contributed by atoms with Gasteiger partial charge in [0.15, 0.2) is 0 Å². The molecule has 0 aliphatic heterocycles. The summed E-state index contributed by atoms with van der Waals surface area (Å²) >= 11 is 0. The fourth-order valence-electron chi connectivity index (χ4n) is 2.84. The average Bonchev–Trinajstić information content (AvgIpc) is 3.09. The highest BCUT2D eigenvalue weighted by Gasteiger charge is 2.21. The monoisotopic (exact) mass is 408 g/mol. The molecule has 6 nitrogen and oxygen atoms in total. The molecule has 30 heavy (non-hydrogen) atoms. The molecule has 3 aromatic rings. The van der Waals surface area contributed by atoms with Crippen LogP contribution in [0.2, 0.25) is 0 Å². The summed E-state index contributed by atoms with van der Waals surface area (Å²) in [7, 11) is 0. The average molecular weight is 408 g/mol. The Bertz CT molecular complexity index is 1040. The molecular weight excluding hydrogens is 383 g/mol. The Balaban J connectivity index is 1.70. The van der Waals surface area contributed by atoms with Gasteiger partial charge in [0.25, 0.3) is 5.91 Å². The number of hydrogen-bond donors (Lipinski definition) is 2. The molecule has 0 aliphatic rings. The minimum atomic E-state index is -0.516. The highest BCUT2D eigenvalue weighted by Crippen LogP contribution is 2.24. The number of amides is 2. The van der Waals surface area contributed by atoms with E-state index in [9.17, 15) is 14.0 Å². The third-order valence-electron chi connectivity index (χ3n) is 4.49. The minimum absolute atomic E-state index is 0.159. The van der Waals surface area contributed by atoms with E-state index in [1.165, 1.54) is 18.2 Å². The van der Waals surface area contributed by atoms with Gasteiger partial charge < -0.3 is 10.6 Å². The molecule has 2 N–H and O–H groups in total. The Hall–Kier alpha value is -3.48. The Morgan fingerprint density at radius 1 is 1.03 bits per heavy atom. The first-order chi connectivity index (χ1) is 14.2. The summed E-state index contributed by atoms with van der Waals surface area (Å²) in [6.07, 6.45) is 0. The van der Waals surface area contributed by atoms with Crippen LogP contribution in [-0.4, -0.2) is 28.1 Å². The van der Waals surface area contributed by atoms with Crippen LogP contribution in [0.3, 0.4) is 0 Å². The molecule has 0 saturated heterocycles. The summed E-state index contributed by atoms with van der Waals surface area (Å²) in [5.74, 6) is -0.868. The van der Waals surface area contributed by atoms with E-state index in [0.717, 1.165) is 17.3 Å². The Morgan fingerprint density at radius 2 is 1.77 bits per heavy atom. The second kappa shape index (κ2) is 8.90. The standard InChI is InChI=1S/C23H25FN4O2/c1-23(2,3)19-13-20(28(27-19)15-16-8-5-4-6-9-16)26-21(29)14-25-22(30)17-10-7-11-18(24)12-17/h4-13H,14-15H2,1-3H3,(H,25,30)(H,26,29). The van der Waals surface area contributed by atoms with Crippen LogP contribution in [0.5, 0.6) is 0 Å². The summed E-state index contributed by atoms with van der Waals surface area (Å²) in [6, 6.07) is 17.0. The molecule has 0 atom stereocenters. The van der Waals surface area contributed by atoms with Crippen molar-refractivity contribution in [3.05, 3.63) is 83.3 Å². The molecule has 0 spiro atoms. The highest BCUT2D eigenvalue weighted by atomic mass is 19.1. The lowest BCUT2D eigenvalue weighted by atomic mass is 9.92. The van der Waals surface area contributed by atoms with Gasteiger partial charge in [-0.25, -0.2) is 9.07 Å². The number of nitrogens with one attached hydrogen (secondary N) is 2. The Morgan fingerprint density at radius 3 is 2.43 bits per heavy atom. The molecule has 2 amide bonds. The van der Waals surface area contributed by atoms with Crippen LogP contribution in [0.4, 0.5) is 10.2 Å². The van der Waals surface area contributed by atoms with Crippen LogP contribution in [0.1, 0.15) is 42.4 Å². The summed E-state index contributed by atoms with van der Waals surface area (Å²) in [5.41, 5.74) is 1.87. The summed E-state index contributed by atoms with van der Waals surface area (Å²) in [6.45, 7) is 6.41. The smallest absolute Gasteiger partial charge is 0.251 e. The van der Waals surface area contributed by atoms with Crippen molar-refractivity contribution < 1.29 is 14.0 Å². The lowest BCUT2D eigenvalue weighted by Crippen LogP contribution is -2.33. The van der Waals surface area contributed by atoms with Crippen LogP contribution in [0.25, 0.3) is 0 Å². The second-order valence-electron chi connectivity index (χ2n) is 8.05. The van der Waals surface area contributed by atoms with Crippen molar-refractivity contribution >= 4 is 17.6 Å². The molecule has 7 heteroatoms. The van der Waals surface area contributed by atoms with E-state index >= 15 is 0 Å². The highest BCUT2D eigenvalue weighted by molar-refractivity contribution is 5.99. The maximum atomic E-state index is 13.3. The largest absolute Gasteiger partial charge is 0.343 e. The van der Waals surface area contributed by atoms with Gasteiger partial charge in [-0.3, -0.25) is 9.59 Å². The van der Waals surface area contributed by atoms with Gasteiger partial charge in [-0.2, -0.15) is 5.10 Å². The van der Waals surface area contributed by atoms with E-state index in [-0.39, 0.29) is 17.5 Å². The van der Waals surface area contributed by atoms with Crippen LogP contribution >= 0.6 is 0 Å². The molecule has 0 aliphatic carbocycles. The number of carbonyl (C=O) groups is 2. The van der Waals surface area contributed by atoms with Crippen LogP contribution in [-0.2, 0) is 16.8 Å². The third kappa shape index (κ3) is 5.53. The van der Waals surface area contributed by atoms with Crippen molar-refractivity contribution in [3.63, 3.8) is 0 Å². The van der Waals surface area contributed by atoms with Crippen molar-refractivity contribution in [2.75, 3.05) is 11.9 Å². The molecule has 2 aromatic carbocycles. The number of hydrogen-bond acceptors (Lipinski definition) is 3. The maximum absolute atomic E-state index is 13.3. The fraction of sp³-hybridized carbons (Fsp3) is 0.261. The van der Waals surface area contributed by atoms with Crippen LogP contribution < -0.4 is 10.6 Å². The van der Waals surface area contributed by atoms with E-state index in [4.69, 9.17) is 0 Å². The van der Waals surface area contributed by atoms with Gasteiger partial charge in [-0.15, -0.1) is 0 Å². The maximum Gasteiger partial charge on any atom is 0.251 e. The molecule has 1 aromatic heterocycles. The van der Waals surface area contributed by atoms with Gasteiger partial charge in [-0.1, -0.05) is 57.2 Å². The third-order valence-corrected chi connectivity index (χ3v) is 4.49. The van der Waals surface area contributed by atoms with Gasteiger partial charge in [0, 0.05) is 17.0 Å². The molecular formula is C23H25FN4O2. The Kier molecular flexibility index (Phi) is 6.30. The van der Waals surface area contributed by atoms with E-state index in [1.807, 2.05) is 57.2 Å². The van der Waals surface area contributed by atoms with E-state index in [0.29, 0.717) is 12.4 Å². The summed E-state index contributed by atoms with van der Waals surface area (Å²) in [5, 5.41) is 9.97. The number of aromatic nitrogens is 2. The second-order valence-corrected chi connectivity index (χ2v) is 8.05. The predicted octanol–water partition coefficient (Wildman–Crippen LogP) is 3.74. The number of anilines is 1. The zero-order valence-electron chi connectivity index (χ0n) is 17.3. The first-order valence-corrected chi connectivity index (χ1v) is 9.68. The number of nitrogens with zero attached hydrogens (tertiary/aromatic N) is 2. The normalized spacial score (nSPS) is 11.2. The van der Waals surface area contributed by atoms with Gasteiger partial charge in [0.05, 0.1) is 18.8 Å².